The van der Waals surface area contributed by atoms with E-state index in [-0.39, 0.29) is 30.2 Å². The fourth-order valence-corrected chi connectivity index (χ4v) is 4.66. The molecule has 8 heteroatoms. The van der Waals surface area contributed by atoms with Gasteiger partial charge < -0.3 is 16.4 Å². The summed E-state index contributed by atoms with van der Waals surface area (Å²) in [6.45, 7) is 3.18. The predicted octanol–water partition coefficient (Wildman–Crippen LogP) is 2.37. The predicted molar refractivity (Wildman–Crippen MR) is 121 cm³/mol. The summed E-state index contributed by atoms with van der Waals surface area (Å²) in [5, 5.41) is 5.57. The summed E-state index contributed by atoms with van der Waals surface area (Å²) >= 11 is 0. The second kappa shape index (κ2) is 9.65. The maximum Gasteiger partial charge on any atom is 0.251 e. The number of likely N-dealkylation sites (tertiary alicyclic amines) is 1. The van der Waals surface area contributed by atoms with Gasteiger partial charge in [0.15, 0.2) is 0 Å². The van der Waals surface area contributed by atoms with Gasteiger partial charge in [0.2, 0.25) is 5.91 Å². The maximum atomic E-state index is 13.3. The number of aromatic nitrogens is 1. The summed E-state index contributed by atoms with van der Waals surface area (Å²) in [6.07, 6.45) is 4.44. The number of nitrogens with zero attached hydrogens (tertiary/aromatic N) is 2. The number of halogens is 1. The van der Waals surface area contributed by atoms with E-state index in [1.54, 1.807) is 6.92 Å². The van der Waals surface area contributed by atoms with Crippen LogP contribution in [0.25, 0.3) is 0 Å². The number of aryl methyl sites for hydroxylation is 1. The van der Waals surface area contributed by atoms with Gasteiger partial charge in [0.05, 0.1) is 12.6 Å². The number of carbonyl (C=O) groups is 2. The number of hydrogen-bond donors (Lipinski definition) is 3. The van der Waals surface area contributed by atoms with Gasteiger partial charge in [0, 0.05) is 36.3 Å². The van der Waals surface area contributed by atoms with Gasteiger partial charge in [-0.25, -0.2) is 9.37 Å². The number of anilines is 1. The topological polar surface area (TPSA) is 100 Å². The highest BCUT2D eigenvalue weighted by molar-refractivity contribution is 5.96. The summed E-state index contributed by atoms with van der Waals surface area (Å²) in [6, 6.07) is 10.6. The minimum Gasteiger partial charge on any atom is -0.384 e. The van der Waals surface area contributed by atoms with Crippen molar-refractivity contribution >= 4 is 17.6 Å². The van der Waals surface area contributed by atoms with Crippen LogP contribution in [0.3, 0.4) is 0 Å². The number of pyridine rings is 1. The van der Waals surface area contributed by atoms with E-state index in [0.717, 1.165) is 44.5 Å². The lowest BCUT2D eigenvalue weighted by Crippen LogP contribution is -2.63. The van der Waals surface area contributed by atoms with Gasteiger partial charge in [0.25, 0.3) is 5.91 Å². The molecule has 0 bridgehead atoms. The van der Waals surface area contributed by atoms with E-state index in [0.29, 0.717) is 28.9 Å². The number of rotatable bonds is 6. The van der Waals surface area contributed by atoms with E-state index in [9.17, 15) is 14.0 Å². The fraction of sp³-hybridized carbons (Fsp3) is 0.458. The zero-order valence-corrected chi connectivity index (χ0v) is 18.3. The third-order valence-electron chi connectivity index (χ3n) is 6.53. The molecule has 2 fully saturated rings. The van der Waals surface area contributed by atoms with Gasteiger partial charge in [0.1, 0.15) is 11.6 Å². The van der Waals surface area contributed by atoms with Gasteiger partial charge in [-0.05, 0) is 68.5 Å². The van der Waals surface area contributed by atoms with Crippen molar-refractivity contribution in [3.63, 3.8) is 0 Å². The quantitative estimate of drug-likeness (QED) is 0.642. The SMILES string of the molecule is Cc1cc(C(=O)NCC(=O)NC2CN([C@H]3CC[C@@H](c4cccc(N)n4)CC3)C2)ccc1F. The highest BCUT2D eigenvalue weighted by atomic mass is 19.1. The number of carbonyl (C=O) groups excluding carboxylic acids is 2. The molecular weight excluding hydrogens is 409 g/mol. The van der Waals surface area contributed by atoms with Gasteiger partial charge in [-0.15, -0.1) is 0 Å². The molecule has 4 rings (SSSR count). The Morgan fingerprint density at radius 3 is 2.59 bits per heavy atom. The van der Waals surface area contributed by atoms with Crippen LogP contribution in [0.4, 0.5) is 10.2 Å². The van der Waals surface area contributed by atoms with Crippen LogP contribution < -0.4 is 16.4 Å². The summed E-state index contributed by atoms with van der Waals surface area (Å²) in [5.41, 5.74) is 7.65. The Bertz CT molecular complexity index is 984. The Balaban J connectivity index is 1.15. The molecule has 2 heterocycles. The van der Waals surface area contributed by atoms with E-state index in [4.69, 9.17) is 5.73 Å². The highest BCUT2D eigenvalue weighted by Gasteiger charge is 2.35. The molecule has 1 saturated heterocycles. The lowest BCUT2D eigenvalue weighted by molar-refractivity contribution is -0.122. The number of nitrogens with one attached hydrogen (secondary N) is 2. The van der Waals surface area contributed by atoms with Crippen LogP contribution in [0, 0.1) is 12.7 Å². The molecule has 1 aromatic heterocycles. The number of nitrogen functional groups attached to an aromatic ring is 1. The summed E-state index contributed by atoms with van der Waals surface area (Å²) < 4.78 is 13.3. The summed E-state index contributed by atoms with van der Waals surface area (Å²) in [7, 11) is 0. The van der Waals surface area contributed by atoms with E-state index in [1.165, 1.54) is 18.2 Å². The van der Waals surface area contributed by atoms with Crippen molar-refractivity contribution in [2.75, 3.05) is 25.4 Å². The molecule has 7 nitrogen and oxygen atoms in total. The van der Waals surface area contributed by atoms with Crippen molar-refractivity contribution in [1.82, 2.24) is 20.5 Å². The first-order valence-electron chi connectivity index (χ1n) is 11.2. The minimum atomic E-state index is -0.384. The smallest absolute Gasteiger partial charge is 0.251 e. The second-order valence-corrected chi connectivity index (χ2v) is 8.86. The Morgan fingerprint density at radius 1 is 1.16 bits per heavy atom. The van der Waals surface area contributed by atoms with Gasteiger partial charge in [-0.2, -0.15) is 0 Å². The van der Waals surface area contributed by atoms with Crippen molar-refractivity contribution < 1.29 is 14.0 Å². The monoisotopic (exact) mass is 439 g/mol. The molecular formula is C24H30FN5O2. The Labute approximate surface area is 187 Å². The van der Waals surface area contributed by atoms with Gasteiger partial charge in [-0.3, -0.25) is 14.5 Å². The Kier molecular flexibility index (Phi) is 6.69. The van der Waals surface area contributed by atoms with E-state index >= 15 is 0 Å². The van der Waals surface area contributed by atoms with Crippen LogP contribution in [-0.4, -0.2) is 53.4 Å². The molecule has 0 radical (unpaired) electrons. The Hall–Kier alpha value is -3.00. The molecule has 0 unspecified atom stereocenters. The second-order valence-electron chi connectivity index (χ2n) is 8.86. The van der Waals surface area contributed by atoms with Crippen molar-refractivity contribution in [3.05, 3.63) is 59.0 Å². The average Bonchev–Trinajstić information content (AvgIpc) is 2.76. The van der Waals surface area contributed by atoms with Crippen molar-refractivity contribution in [3.8, 4) is 0 Å². The van der Waals surface area contributed by atoms with Crippen LogP contribution in [0.1, 0.15) is 53.2 Å². The highest BCUT2D eigenvalue weighted by Crippen LogP contribution is 2.35. The first-order chi connectivity index (χ1) is 15.4. The van der Waals surface area contributed by atoms with Crippen LogP contribution in [0.15, 0.2) is 36.4 Å². The standard InChI is InChI=1S/C24H30FN5O2/c1-15-11-17(7-10-20(15)25)24(32)27-12-23(31)28-18-13-30(14-18)19-8-5-16(6-9-19)21-3-2-4-22(26)29-21/h2-4,7,10-11,16,18-19H,5-6,8-9,12-14H2,1H3,(H2,26,29)(H,27,32)(H,28,31)/t16-,19+. The molecule has 0 atom stereocenters. The first-order valence-corrected chi connectivity index (χ1v) is 11.2. The lowest BCUT2D eigenvalue weighted by atomic mass is 9.82. The summed E-state index contributed by atoms with van der Waals surface area (Å²) in [5.74, 6) is 0.0990. The molecule has 2 aromatic rings. The molecule has 4 N–H and O–H groups in total. The molecule has 2 aliphatic rings. The molecule has 1 saturated carbocycles. The molecule has 1 aromatic carbocycles. The molecule has 2 amide bonds. The van der Waals surface area contributed by atoms with Crippen molar-refractivity contribution in [2.45, 2.75) is 50.6 Å². The normalized spacial score (nSPS) is 21.6. The molecule has 1 aliphatic carbocycles. The van der Waals surface area contributed by atoms with Crippen LogP contribution in [0.2, 0.25) is 0 Å². The number of hydrogen-bond acceptors (Lipinski definition) is 5. The van der Waals surface area contributed by atoms with E-state index in [1.807, 2.05) is 12.1 Å². The minimum absolute atomic E-state index is 0.0932. The largest absolute Gasteiger partial charge is 0.384 e. The average molecular weight is 440 g/mol. The zero-order valence-electron chi connectivity index (χ0n) is 18.3. The third-order valence-corrected chi connectivity index (χ3v) is 6.53. The van der Waals surface area contributed by atoms with E-state index < -0.39 is 0 Å². The van der Waals surface area contributed by atoms with Gasteiger partial charge >= 0.3 is 0 Å². The Morgan fingerprint density at radius 2 is 1.91 bits per heavy atom. The van der Waals surface area contributed by atoms with Crippen molar-refractivity contribution in [1.29, 1.82) is 0 Å². The molecule has 32 heavy (non-hydrogen) atoms. The number of nitrogens with two attached hydrogens (primary N) is 1. The van der Waals surface area contributed by atoms with E-state index in [2.05, 4.69) is 26.6 Å². The molecule has 0 spiro atoms. The number of amides is 2. The fourth-order valence-electron chi connectivity index (χ4n) is 4.66. The third kappa shape index (κ3) is 5.24. The summed E-state index contributed by atoms with van der Waals surface area (Å²) in [4.78, 5) is 31.2. The molecule has 1 aliphatic heterocycles. The first kappa shape index (κ1) is 22.2. The van der Waals surface area contributed by atoms with Crippen molar-refractivity contribution in [2.24, 2.45) is 0 Å². The van der Waals surface area contributed by atoms with Crippen LogP contribution in [0.5, 0.6) is 0 Å². The van der Waals surface area contributed by atoms with Crippen LogP contribution in [-0.2, 0) is 4.79 Å². The number of benzene rings is 1. The molecule has 170 valence electrons. The van der Waals surface area contributed by atoms with Gasteiger partial charge in [-0.1, -0.05) is 6.07 Å². The zero-order chi connectivity index (χ0) is 22.7. The maximum absolute atomic E-state index is 13.3. The van der Waals surface area contributed by atoms with Crippen LogP contribution >= 0.6 is 0 Å². The lowest BCUT2D eigenvalue weighted by Gasteiger charge is -2.46.